The molecule has 0 spiro atoms. The second-order valence-electron chi connectivity index (χ2n) is 9.45. The molecule has 1 heterocycles. The van der Waals surface area contributed by atoms with Crippen molar-refractivity contribution < 1.29 is 22.8 Å². The number of thioether (sulfide) groups is 1. The monoisotopic (exact) mass is 512 g/mol. The van der Waals surface area contributed by atoms with E-state index in [0.29, 0.717) is 28.3 Å². The molecule has 0 aromatic heterocycles. The first-order valence-corrected chi connectivity index (χ1v) is 13.9. The molecule has 0 radical (unpaired) electrons. The van der Waals surface area contributed by atoms with Crippen molar-refractivity contribution in [3.05, 3.63) is 64.6 Å². The Bertz CT molecular complexity index is 1280. The molecule has 0 bridgehead atoms. The highest BCUT2D eigenvalue weighted by molar-refractivity contribution is 8.18. The molecule has 2 aliphatic rings. The van der Waals surface area contributed by atoms with Crippen LogP contribution < -0.4 is 4.72 Å². The minimum Gasteiger partial charge on any atom is -0.295 e. The molecule has 9 heteroatoms. The Morgan fingerprint density at radius 2 is 1.66 bits per heavy atom. The predicted octanol–water partition coefficient (Wildman–Crippen LogP) is 5.70. The maximum Gasteiger partial charge on any atom is 0.293 e. The number of nitrogens with zero attached hydrogens (tertiary/aromatic N) is 1. The van der Waals surface area contributed by atoms with Gasteiger partial charge >= 0.3 is 0 Å². The lowest BCUT2D eigenvalue weighted by Gasteiger charge is -2.35. The van der Waals surface area contributed by atoms with Crippen LogP contribution >= 0.6 is 11.8 Å². The van der Waals surface area contributed by atoms with E-state index >= 15 is 0 Å². The Balaban J connectivity index is 1.44. The van der Waals surface area contributed by atoms with Crippen LogP contribution in [0.5, 0.6) is 0 Å². The number of carbonyl (C=O) groups is 3. The normalized spacial score (nSPS) is 19.3. The lowest BCUT2D eigenvalue weighted by Crippen LogP contribution is -2.39. The van der Waals surface area contributed by atoms with Crippen molar-refractivity contribution in [1.29, 1.82) is 0 Å². The lowest BCUT2D eigenvalue weighted by atomic mass is 9.75. The van der Waals surface area contributed by atoms with E-state index < -0.39 is 10.0 Å². The van der Waals surface area contributed by atoms with Crippen molar-refractivity contribution in [3.8, 4) is 0 Å². The molecule has 184 valence electrons. The first-order chi connectivity index (χ1) is 16.6. The Morgan fingerprint density at radius 3 is 2.26 bits per heavy atom. The molecule has 1 aliphatic carbocycles. The van der Waals surface area contributed by atoms with Gasteiger partial charge in [0.1, 0.15) is 0 Å². The number of sulfonamides is 1. The van der Waals surface area contributed by atoms with Gasteiger partial charge in [0.2, 0.25) is 0 Å². The predicted molar refractivity (Wildman–Crippen MR) is 138 cm³/mol. The Labute approximate surface area is 210 Å². The van der Waals surface area contributed by atoms with Crippen molar-refractivity contribution in [2.75, 3.05) is 11.3 Å². The minimum atomic E-state index is -3.82. The number of Topliss-reactive ketones (excluding diaryl/α,β-unsaturated/α-hetero) is 1. The van der Waals surface area contributed by atoms with Gasteiger partial charge in [-0.2, -0.15) is 0 Å². The van der Waals surface area contributed by atoms with Gasteiger partial charge in [-0.15, -0.1) is 0 Å². The number of ketones is 1. The first kappa shape index (κ1) is 25.2. The summed E-state index contributed by atoms with van der Waals surface area (Å²) in [6, 6.07) is 12.3. The number of amides is 2. The Hall–Kier alpha value is -2.91. The fraction of sp³-hybridized carbons (Fsp3) is 0.346. The van der Waals surface area contributed by atoms with Crippen molar-refractivity contribution in [2.24, 2.45) is 5.41 Å². The van der Waals surface area contributed by atoms with Gasteiger partial charge in [0.25, 0.3) is 21.2 Å². The summed E-state index contributed by atoms with van der Waals surface area (Å²) in [5.74, 6) is -0.413. The zero-order valence-electron chi connectivity index (χ0n) is 19.7. The molecule has 0 atom stereocenters. The van der Waals surface area contributed by atoms with E-state index in [-0.39, 0.29) is 27.2 Å². The summed E-state index contributed by atoms with van der Waals surface area (Å²) < 4.78 is 27.8. The van der Waals surface area contributed by atoms with Gasteiger partial charge in [-0.1, -0.05) is 50.5 Å². The highest BCUT2D eigenvalue weighted by Gasteiger charge is 2.40. The van der Waals surface area contributed by atoms with Crippen molar-refractivity contribution in [1.82, 2.24) is 4.90 Å². The Kier molecular flexibility index (Phi) is 7.19. The molecule has 1 saturated heterocycles. The summed E-state index contributed by atoms with van der Waals surface area (Å²) >= 11 is 0.942. The van der Waals surface area contributed by atoms with E-state index in [1.54, 1.807) is 30.3 Å². The lowest BCUT2D eigenvalue weighted by molar-refractivity contribution is -0.124. The maximum absolute atomic E-state index is 12.9. The molecule has 1 aliphatic heterocycles. The number of anilines is 1. The minimum absolute atomic E-state index is 0.0230. The quantitative estimate of drug-likeness (QED) is 0.377. The molecule has 35 heavy (non-hydrogen) atoms. The maximum atomic E-state index is 12.9. The number of hydrogen-bond acceptors (Lipinski definition) is 6. The van der Waals surface area contributed by atoms with Crippen LogP contribution in [0, 0.1) is 5.41 Å². The van der Waals surface area contributed by atoms with Crippen LogP contribution in [-0.4, -0.2) is 36.8 Å². The molecule has 2 fully saturated rings. The van der Waals surface area contributed by atoms with Crippen LogP contribution in [0.3, 0.4) is 0 Å². The van der Waals surface area contributed by atoms with Crippen molar-refractivity contribution >= 4 is 50.5 Å². The van der Waals surface area contributed by atoms with Gasteiger partial charge < -0.3 is 0 Å². The number of rotatable bonds is 7. The van der Waals surface area contributed by atoms with Gasteiger partial charge in [0, 0.05) is 17.8 Å². The summed E-state index contributed by atoms with van der Waals surface area (Å²) in [6.45, 7) is 4.01. The summed E-state index contributed by atoms with van der Waals surface area (Å²) in [5, 5.41) is -0.242. The van der Waals surface area contributed by atoms with Crippen LogP contribution in [0.1, 0.15) is 61.9 Å². The van der Waals surface area contributed by atoms with Crippen molar-refractivity contribution in [3.63, 3.8) is 0 Å². The molecule has 2 aromatic carbocycles. The molecular weight excluding hydrogens is 484 g/mol. The molecular formula is C26H28N2O5S2. The van der Waals surface area contributed by atoms with Gasteiger partial charge in [-0.05, 0) is 72.8 Å². The van der Waals surface area contributed by atoms with E-state index in [4.69, 9.17) is 0 Å². The number of nitrogens with one attached hydrogen (secondary N) is 1. The number of imide groups is 1. The highest BCUT2D eigenvalue weighted by Crippen LogP contribution is 2.40. The zero-order valence-corrected chi connectivity index (χ0v) is 21.4. The average Bonchev–Trinajstić information content (AvgIpc) is 3.07. The first-order valence-electron chi connectivity index (χ1n) is 11.6. The molecule has 2 aromatic rings. The molecule has 0 unspecified atom stereocenters. The topological polar surface area (TPSA) is 101 Å². The van der Waals surface area contributed by atoms with Crippen LogP contribution in [0.4, 0.5) is 10.5 Å². The average molecular weight is 513 g/mol. The molecule has 1 N–H and O–H groups in total. The Morgan fingerprint density at radius 1 is 1.03 bits per heavy atom. The van der Waals surface area contributed by atoms with Crippen LogP contribution in [0.15, 0.2) is 58.3 Å². The van der Waals surface area contributed by atoms with Gasteiger partial charge in [0.15, 0.2) is 5.78 Å². The van der Waals surface area contributed by atoms with Crippen LogP contribution in [0.25, 0.3) is 6.08 Å². The third-order valence-corrected chi connectivity index (χ3v) is 8.81. The second kappa shape index (κ2) is 9.99. The fourth-order valence-electron chi connectivity index (χ4n) is 4.46. The highest BCUT2D eigenvalue weighted by atomic mass is 32.2. The standard InChI is InChI=1S/C26H28N2O5S2/c1-18(29)20-8-12-22(13-9-20)35(32,33)27-21-10-6-19(7-11-21)16-23-24(30)28(25(31)34-23)17-26(2)14-4-3-5-15-26/h6-13,16,27H,3-5,14-15,17H2,1-2H3/b23-16+. The molecule has 1 saturated carbocycles. The third kappa shape index (κ3) is 5.85. The van der Waals surface area contributed by atoms with E-state index in [1.165, 1.54) is 42.5 Å². The summed E-state index contributed by atoms with van der Waals surface area (Å²) in [7, 11) is -3.82. The SMILES string of the molecule is CC(=O)c1ccc(S(=O)(=O)Nc2ccc(/C=C3/SC(=O)N(CC4(C)CCCCC4)C3=O)cc2)cc1. The summed E-state index contributed by atoms with van der Waals surface area (Å²) in [5.41, 5.74) is 1.46. The smallest absolute Gasteiger partial charge is 0.293 e. The van der Waals surface area contributed by atoms with E-state index in [1.807, 2.05) is 0 Å². The van der Waals surface area contributed by atoms with E-state index in [0.717, 1.165) is 37.4 Å². The molecule has 7 nitrogen and oxygen atoms in total. The van der Waals surface area contributed by atoms with Gasteiger partial charge in [0.05, 0.1) is 9.80 Å². The zero-order chi connectivity index (χ0) is 25.2. The molecule has 2 amide bonds. The van der Waals surface area contributed by atoms with Crippen LogP contribution in [-0.2, 0) is 14.8 Å². The van der Waals surface area contributed by atoms with E-state index in [9.17, 15) is 22.8 Å². The largest absolute Gasteiger partial charge is 0.295 e. The van der Waals surface area contributed by atoms with Crippen LogP contribution in [0.2, 0.25) is 0 Å². The van der Waals surface area contributed by atoms with E-state index in [2.05, 4.69) is 11.6 Å². The number of benzene rings is 2. The van der Waals surface area contributed by atoms with Gasteiger partial charge in [-0.3, -0.25) is 24.0 Å². The fourth-order valence-corrected chi connectivity index (χ4v) is 6.36. The molecule has 4 rings (SSSR count). The number of hydrogen-bond donors (Lipinski definition) is 1. The second-order valence-corrected chi connectivity index (χ2v) is 12.1. The van der Waals surface area contributed by atoms with Crippen molar-refractivity contribution in [2.45, 2.75) is 50.8 Å². The summed E-state index contributed by atoms with van der Waals surface area (Å²) in [6.07, 6.45) is 7.16. The number of carbonyl (C=O) groups excluding carboxylic acids is 3. The summed E-state index contributed by atoms with van der Waals surface area (Å²) in [4.78, 5) is 38.6. The third-order valence-electron chi connectivity index (χ3n) is 6.51. The van der Waals surface area contributed by atoms with Gasteiger partial charge in [-0.25, -0.2) is 8.42 Å².